The van der Waals surface area contributed by atoms with E-state index in [1.165, 1.54) is 19.3 Å². The van der Waals surface area contributed by atoms with Gasteiger partial charge in [0, 0.05) is 25.8 Å². The van der Waals surface area contributed by atoms with E-state index >= 15 is 0 Å². The van der Waals surface area contributed by atoms with Gasteiger partial charge in [0.05, 0.1) is 13.2 Å². The summed E-state index contributed by atoms with van der Waals surface area (Å²) in [6, 6.07) is 7.47. The Labute approximate surface area is 203 Å². The second-order valence-electron chi connectivity index (χ2n) is 8.18. The molecule has 0 saturated heterocycles. The number of methoxy groups -OCH3 is 1. The van der Waals surface area contributed by atoms with Crippen LogP contribution in [0.4, 0.5) is 0 Å². The van der Waals surface area contributed by atoms with Crippen LogP contribution in [0, 0.1) is 11.3 Å². The summed E-state index contributed by atoms with van der Waals surface area (Å²) in [5, 5.41) is 9.54. The van der Waals surface area contributed by atoms with Gasteiger partial charge < -0.3 is 14.2 Å². The van der Waals surface area contributed by atoms with Crippen LogP contribution in [0.2, 0.25) is 0 Å². The van der Waals surface area contributed by atoms with Crippen LogP contribution < -0.4 is 9.47 Å². The van der Waals surface area contributed by atoms with Gasteiger partial charge >= 0.3 is 0 Å². The van der Waals surface area contributed by atoms with Gasteiger partial charge in [0.1, 0.15) is 11.6 Å². The maximum absolute atomic E-state index is 13.1. The van der Waals surface area contributed by atoms with Crippen molar-refractivity contribution in [2.24, 2.45) is 0 Å². The highest BCUT2D eigenvalue weighted by molar-refractivity contribution is 6.19. The summed E-state index contributed by atoms with van der Waals surface area (Å²) >= 11 is 0. The highest BCUT2D eigenvalue weighted by Crippen LogP contribution is 2.32. The van der Waals surface area contributed by atoms with E-state index in [4.69, 9.17) is 14.2 Å². The summed E-state index contributed by atoms with van der Waals surface area (Å²) in [6.07, 6.45) is 7.97. The Balaban J connectivity index is 2.28. The first kappa shape index (κ1) is 27.1. The standard InChI is InChI=1S/C27H36N2O5/c1-5-7-8-9-10-16-34-24-13-12-21(18-25(24)33-6-2)17-22-20(3)23(19-28)27(31)29(26(22)30)14-11-15-32-4/h12-13,17-18H,5-11,14-16H2,1-4H3/b22-17+. The minimum Gasteiger partial charge on any atom is -0.490 e. The number of rotatable bonds is 14. The molecule has 34 heavy (non-hydrogen) atoms. The van der Waals surface area contributed by atoms with Crippen LogP contribution in [-0.4, -0.2) is 50.2 Å². The van der Waals surface area contributed by atoms with Gasteiger partial charge in [0.25, 0.3) is 11.8 Å². The minimum atomic E-state index is -0.559. The number of amides is 2. The molecule has 2 amide bonds. The number of nitriles is 1. The van der Waals surface area contributed by atoms with Crippen molar-refractivity contribution >= 4 is 17.9 Å². The summed E-state index contributed by atoms with van der Waals surface area (Å²) in [5.74, 6) is 0.290. The molecule has 0 unspecified atom stereocenters. The number of benzene rings is 1. The van der Waals surface area contributed by atoms with E-state index in [0.717, 1.165) is 23.3 Å². The van der Waals surface area contributed by atoms with Crippen molar-refractivity contribution in [2.45, 2.75) is 59.3 Å². The lowest BCUT2D eigenvalue weighted by molar-refractivity contribution is -0.140. The van der Waals surface area contributed by atoms with Gasteiger partial charge in [-0.25, -0.2) is 0 Å². The predicted molar refractivity (Wildman–Crippen MR) is 131 cm³/mol. The predicted octanol–water partition coefficient (Wildman–Crippen LogP) is 5.06. The first-order valence-corrected chi connectivity index (χ1v) is 12.1. The van der Waals surface area contributed by atoms with Gasteiger partial charge in [-0.3, -0.25) is 14.5 Å². The Bertz CT molecular complexity index is 958. The molecule has 2 rings (SSSR count). The van der Waals surface area contributed by atoms with Crippen molar-refractivity contribution in [3.05, 3.63) is 40.5 Å². The number of unbranched alkanes of at least 4 members (excludes halogenated alkanes) is 4. The molecule has 0 spiro atoms. The van der Waals surface area contributed by atoms with Crippen molar-refractivity contribution in [1.29, 1.82) is 5.26 Å². The smallest absolute Gasteiger partial charge is 0.271 e. The number of carbonyl (C=O) groups excluding carboxylic acids is 2. The quantitative estimate of drug-likeness (QED) is 0.215. The van der Waals surface area contributed by atoms with Crippen molar-refractivity contribution in [3.63, 3.8) is 0 Å². The van der Waals surface area contributed by atoms with Crippen molar-refractivity contribution < 1.29 is 23.8 Å². The largest absolute Gasteiger partial charge is 0.490 e. The molecular formula is C27H36N2O5. The Morgan fingerprint density at radius 3 is 2.41 bits per heavy atom. The maximum atomic E-state index is 13.1. The molecule has 1 aromatic rings. The van der Waals surface area contributed by atoms with E-state index in [9.17, 15) is 14.9 Å². The fourth-order valence-corrected chi connectivity index (χ4v) is 3.76. The van der Waals surface area contributed by atoms with Gasteiger partial charge in [-0.2, -0.15) is 5.26 Å². The van der Waals surface area contributed by atoms with E-state index in [-0.39, 0.29) is 12.1 Å². The monoisotopic (exact) mass is 468 g/mol. The summed E-state index contributed by atoms with van der Waals surface area (Å²) in [7, 11) is 1.56. The van der Waals surface area contributed by atoms with E-state index in [2.05, 4.69) is 6.92 Å². The number of carbonyl (C=O) groups is 2. The van der Waals surface area contributed by atoms with Crippen molar-refractivity contribution in [1.82, 2.24) is 4.90 Å². The third-order valence-electron chi connectivity index (χ3n) is 5.64. The first-order valence-electron chi connectivity index (χ1n) is 12.1. The molecule has 0 N–H and O–H groups in total. The molecule has 0 aliphatic carbocycles. The van der Waals surface area contributed by atoms with E-state index in [1.807, 2.05) is 31.2 Å². The van der Waals surface area contributed by atoms with Crippen LogP contribution in [0.3, 0.4) is 0 Å². The van der Waals surface area contributed by atoms with Crippen LogP contribution in [0.15, 0.2) is 34.9 Å². The summed E-state index contributed by atoms with van der Waals surface area (Å²) in [6.45, 7) is 7.43. The fourth-order valence-electron chi connectivity index (χ4n) is 3.76. The molecule has 0 aromatic heterocycles. The Hall–Kier alpha value is -3.11. The Morgan fingerprint density at radius 1 is 0.971 bits per heavy atom. The molecule has 1 aromatic carbocycles. The van der Waals surface area contributed by atoms with E-state index in [1.54, 1.807) is 20.1 Å². The number of nitrogens with zero attached hydrogens (tertiary/aromatic N) is 2. The van der Waals surface area contributed by atoms with E-state index < -0.39 is 11.8 Å². The Kier molecular flexibility index (Phi) is 11.3. The molecule has 1 heterocycles. The fraction of sp³-hybridized carbons (Fsp3) is 0.519. The highest BCUT2D eigenvalue weighted by Gasteiger charge is 2.35. The second-order valence-corrected chi connectivity index (χ2v) is 8.18. The highest BCUT2D eigenvalue weighted by atomic mass is 16.5. The lowest BCUT2D eigenvalue weighted by atomic mass is 9.93. The topological polar surface area (TPSA) is 88.9 Å². The van der Waals surface area contributed by atoms with Crippen LogP contribution in [0.1, 0.15) is 64.9 Å². The summed E-state index contributed by atoms with van der Waals surface area (Å²) in [4.78, 5) is 26.9. The summed E-state index contributed by atoms with van der Waals surface area (Å²) in [5.41, 5.74) is 1.41. The van der Waals surface area contributed by atoms with Crippen LogP contribution in [0.25, 0.3) is 6.08 Å². The normalized spacial score (nSPS) is 15.1. The number of ether oxygens (including phenoxy) is 3. The lowest BCUT2D eigenvalue weighted by Crippen LogP contribution is -2.43. The molecule has 0 atom stereocenters. The molecule has 184 valence electrons. The SMILES string of the molecule is CCCCCCCOc1ccc(/C=C2/C(=O)N(CCCOC)C(=O)C(C#N)=C2C)cc1OCC. The summed E-state index contributed by atoms with van der Waals surface area (Å²) < 4.78 is 16.8. The zero-order valence-electron chi connectivity index (χ0n) is 20.8. The molecule has 0 bridgehead atoms. The van der Waals surface area contributed by atoms with Gasteiger partial charge in [0.2, 0.25) is 0 Å². The lowest BCUT2D eigenvalue weighted by Gasteiger charge is -2.27. The zero-order valence-corrected chi connectivity index (χ0v) is 20.8. The third-order valence-corrected chi connectivity index (χ3v) is 5.64. The minimum absolute atomic E-state index is 0.0173. The molecule has 7 heteroatoms. The maximum Gasteiger partial charge on any atom is 0.271 e. The van der Waals surface area contributed by atoms with Gasteiger partial charge in [-0.05, 0) is 56.0 Å². The molecule has 7 nitrogen and oxygen atoms in total. The molecule has 0 saturated carbocycles. The van der Waals surface area contributed by atoms with Gasteiger partial charge in [-0.1, -0.05) is 38.7 Å². The molecule has 0 radical (unpaired) electrons. The Morgan fingerprint density at radius 2 is 1.74 bits per heavy atom. The molecular weight excluding hydrogens is 432 g/mol. The van der Waals surface area contributed by atoms with Gasteiger partial charge in [0.15, 0.2) is 11.5 Å². The average Bonchev–Trinajstić information content (AvgIpc) is 2.83. The number of hydrogen-bond acceptors (Lipinski definition) is 6. The van der Waals surface area contributed by atoms with Crippen molar-refractivity contribution in [3.8, 4) is 17.6 Å². The molecule has 1 aliphatic rings. The molecule has 1 aliphatic heterocycles. The first-order chi connectivity index (χ1) is 16.5. The van der Waals surface area contributed by atoms with Crippen LogP contribution in [0.5, 0.6) is 11.5 Å². The van der Waals surface area contributed by atoms with Crippen LogP contribution >= 0.6 is 0 Å². The number of hydrogen-bond donors (Lipinski definition) is 0. The number of imide groups is 1. The second kappa shape index (κ2) is 14.2. The van der Waals surface area contributed by atoms with Gasteiger partial charge in [-0.15, -0.1) is 0 Å². The molecule has 0 fully saturated rings. The van der Waals surface area contributed by atoms with Crippen molar-refractivity contribution in [2.75, 3.05) is 33.5 Å². The van der Waals surface area contributed by atoms with E-state index in [0.29, 0.717) is 48.9 Å². The average molecular weight is 469 g/mol. The third kappa shape index (κ3) is 7.19. The van der Waals surface area contributed by atoms with Crippen LogP contribution in [-0.2, 0) is 14.3 Å². The zero-order chi connectivity index (χ0) is 24.9.